The zero-order valence-electron chi connectivity index (χ0n) is 11.8. The van der Waals surface area contributed by atoms with Crippen molar-refractivity contribution in [2.24, 2.45) is 0 Å². The van der Waals surface area contributed by atoms with E-state index in [4.69, 9.17) is 0 Å². The summed E-state index contributed by atoms with van der Waals surface area (Å²) in [6, 6.07) is 7.61. The number of benzene rings is 1. The van der Waals surface area contributed by atoms with Crippen molar-refractivity contribution in [2.75, 3.05) is 18.1 Å². The Morgan fingerprint density at radius 3 is 2.74 bits per heavy atom. The van der Waals surface area contributed by atoms with Gasteiger partial charge in [0.1, 0.15) is 6.04 Å². The number of aliphatic hydroxyl groups excluding tert-OH is 1. The number of nitrogens with one attached hydrogen (secondary N) is 1. The second-order valence-electron chi connectivity index (χ2n) is 5.41. The molecule has 2 N–H and O–H groups in total. The summed E-state index contributed by atoms with van der Waals surface area (Å²) in [7, 11) is 0. The monoisotopic (exact) mass is 262 g/mol. The minimum atomic E-state index is -0.489. The number of hydrogen-bond acceptors (Lipinski definition) is 3. The predicted molar refractivity (Wildman–Crippen MR) is 76.4 cm³/mol. The maximum atomic E-state index is 12.4. The van der Waals surface area contributed by atoms with Crippen molar-refractivity contribution in [3.05, 3.63) is 29.8 Å². The molecule has 2 unspecified atom stereocenters. The van der Waals surface area contributed by atoms with E-state index >= 15 is 0 Å². The lowest BCUT2D eigenvalue weighted by Crippen LogP contribution is -2.61. The van der Waals surface area contributed by atoms with Crippen LogP contribution in [0.3, 0.4) is 0 Å². The average Bonchev–Trinajstić information content (AvgIpc) is 2.39. The normalized spacial score (nSPS) is 24.1. The van der Waals surface area contributed by atoms with E-state index in [2.05, 4.69) is 25.2 Å². The Bertz CT molecular complexity index is 459. The summed E-state index contributed by atoms with van der Waals surface area (Å²) < 4.78 is 0. The fourth-order valence-electron chi connectivity index (χ4n) is 2.57. The van der Waals surface area contributed by atoms with Crippen molar-refractivity contribution >= 4 is 11.6 Å². The largest absolute Gasteiger partial charge is 0.394 e. The van der Waals surface area contributed by atoms with E-state index in [1.807, 2.05) is 30.0 Å². The molecule has 0 bridgehead atoms. The van der Waals surface area contributed by atoms with Crippen LogP contribution in [0.4, 0.5) is 5.69 Å². The van der Waals surface area contributed by atoms with E-state index in [9.17, 15) is 9.90 Å². The molecule has 1 saturated heterocycles. The van der Waals surface area contributed by atoms with Gasteiger partial charge in [0.2, 0.25) is 5.91 Å². The number of aliphatic hydroxyl groups is 1. The van der Waals surface area contributed by atoms with Gasteiger partial charge in [-0.1, -0.05) is 32.0 Å². The summed E-state index contributed by atoms with van der Waals surface area (Å²) in [6.07, 6.45) is 0. The lowest BCUT2D eigenvalue weighted by atomic mass is 9.98. The molecule has 1 fully saturated rings. The molecule has 0 spiro atoms. The summed E-state index contributed by atoms with van der Waals surface area (Å²) in [5, 5.41) is 12.4. The van der Waals surface area contributed by atoms with Gasteiger partial charge in [-0.2, -0.15) is 0 Å². The van der Waals surface area contributed by atoms with Crippen LogP contribution in [0.2, 0.25) is 0 Å². The minimum absolute atomic E-state index is 0.0469. The Morgan fingerprint density at radius 1 is 1.42 bits per heavy atom. The molecule has 1 heterocycles. The third-order valence-corrected chi connectivity index (χ3v) is 3.64. The van der Waals surface area contributed by atoms with Crippen LogP contribution in [0.15, 0.2) is 24.3 Å². The number of para-hydroxylation sites is 1. The lowest BCUT2D eigenvalue weighted by Gasteiger charge is -2.39. The standard InChI is InChI=1S/C15H22N2O2/c1-10(2)12-6-4-5-7-14(12)17-11(3)8-16-13(9-18)15(17)19/h4-7,10-11,13,16,18H,8-9H2,1-3H3. The molecule has 0 saturated carbocycles. The number of amides is 1. The van der Waals surface area contributed by atoms with Gasteiger partial charge >= 0.3 is 0 Å². The molecule has 1 aliphatic heterocycles. The van der Waals surface area contributed by atoms with Crippen molar-refractivity contribution in [1.82, 2.24) is 5.32 Å². The molecule has 4 heteroatoms. The highest BCUT2D eigenvalue weighted by atomic mass is 16.3. The molecule has 1 amide bonds. The van der Waals surface area contributed by atoms with E-state index in [-0.39, 0.29) is 18.6 Å². The Hall–Kier alpha value is -1.39. The number of anilines is 1. The van der Waals surface area contributed by atoms with Crippen molar-refractivity contribution in [1.29, 1.82) is 0 Å². The predicted octanol–water partition coefficient (Wildman–Crippen LogP) is 1.50. The first-order valence-corrected chi connectivity index (χ1v) is 6.82. The number of piperazine rings is 1. The number of rotatable bonds is 3. The van der Waals surface area contributed by atoms with E-state index in [1.54, 1.807) is 0 Å². The fourth-order valence-corrected chi connectivity index (χ4v) is 2.57. The molecule has 0 aliphatic carbocycles. The zero-order chi connectivity index (χ0) is 14.0. The van der Waals surface area contributed by atoms with Crippen molar-refractivity contribution in [2.45, 2.75) is 38.8 Å². The van der Waals surface area contributed by atoms with Gasteiger partial charge in [-0.05, 0) is 24.5 Å². The van der Waals surface area contributed by atoms with Crippen LogP contribution in [0.5, 0.6) is 0 Å². The first kappa shape index (κ1) is 14.0. The number of hydrogen-bond donors (Lipinski definition) is 2. The highest BCUT2D eigenvalue weighted by Crippen LogP contribution is 2.30. The van der Waals surface area contributed by atoms with Crippen LogP contribution >= 0.6 is 0 Å². The second kappa shape index (κ2) is 5.72. The maximum Gasteiger partial charge on any atom is 0.246 e. The second-order valence-corrected chi connectivity index (χ2v) is 5.41. The van der Waals surface area contributed by atoms with Crippen LogP contribution in [0, 0.1) is 0 Å². The minimum Gasteiger partial charge on any atom is -0.394 e. The third kappa shape index (κ3) is 2.65. The van der Waals surface area contributed by atoms with Crippen molar-refractivity contribution < 1.29 is 9.90 Å². The Kier molecular flexibility index (Phi) is 4.22. The molecule has 104 valence electrons. The average molecular weight is 262 g/mol. The lowest BCUT2D eigenvalue weighted by molar-refractivity contribution is -0.123. The molecule has 0 radical (unpaired) electrons. The third-order valence-electron chi connectivity index (χ3n) is 3.64. The van der Waals surface area contributed by atoms with Gasteiger partial charge in [0.05, 0.1) is 6.61 Å². The van der Waals surface area contributed by atoms with E-state index < -0.39 is 6.04 Å². The summed E-state index contributed by atoms with van der Waals surface area (Å²) in [6.45, 7) is 6.81. The zero-order valence-corrected chi connectivity index (χ0v) is 11.8. The highest BCUT2D eigenvalue weighted by molar-refractivity contribution is 5.99. The Morgan fingerprint density at radius 2 is 2.11 bits per heavy atom. The first-order chi connectivity index (χ1) is 9.06. The molecule has 2 rings (SSSR count). The van der Waals surface area contributed by atoms with Gasteiger partial charge in [0.25, 0.3) is 0 Å². The molecule has 1 aromatic rings. The number of nitrogens with zero attached hydrogens (tertiary/aromatic N) is 1. The van der Waals surface area contributed by atoms with Gasteiger partial charge in [-0.3, -0.25) is 4.79 Å². The highest BCUT2D eigenvalue weighted by Gasteiger charge is 2.34. The smallest absolute Gasteiger partial charge is 0.246 e. The summed E-state index contributed by atoms with van der Waals surface area (Å²) in [5.41, 5.74) is 2.14. The molecule has 4 nitrogen and oxygen atoms in total. The Balaban J connectivity index is 2.41. The van der Waals surface area contributed by atoms with Crippen LogP contribution in [0.25, 0.3) is 0 Å². The van der Waals surface area contributed by atoms with Gasteiger partial charge in [-0.25, -0.2) is 0 Å². The van der Waals surface area contributed by atoms with Crippen molar-refractivity contribution in [3.63, 3.8) is 0 Å². The van der Waals surface area contributed by atoms with E-state index in [1.165, 1.54) is 5.56 Å². The summed E-state index contributed by atoms with van der Waals surface area (Å²) >= 11 is 0. The maximum absolute atomic E-state index is 12.4. The van der Waals surface area contributed by atoms with E-state index in [0.717, 1.165) is 5.69 Å². The summed E-state index contributed by atoms with van der Waals surface area (Å²) in [5.74, 6) is 0.313. The topological polar surface area (TPSA) is 52.6 Å². The SMILES string of the molecule is CC(C)c1ccccc1N1C(=O)C(CO)NCC1C. The number of carbonyl (C=O) groups is 1. The van der Waals surface area contributed by atoms with Gasteiger partial charge < -0.3 is 15.3 Å². The molecular formula is C15H22N2O2. The first-order valence-electron chi connectivity index (χ1n) is 6.82. The van der Waals surface area contributed by atoms with Gasteiger partial charge in [-0.15, -0.1) is 0 Å². The van der Waals surface area contributed by atoms with Crippen LogP contribution in [-0.2, 0) is 4.79 Å². The molecule has 1 aromatic carbocycles. The van der Waals surface area contributed by atoms with Crippen molar-refractivity contribution in [3.8, 4) is 0 Å². The number of carbonyl (C=O) groups excluding carboxylic acids is 1. The van der Waals surface area contributed by atoms with Crippen LogP contribution in [0.1, 0.15) is 32.3 Å². The molecule has 1 aliphatic rings. The van der Waals surface area contributed by atoms with E-state index in [0.29, 0.717) is 12.5 Å². The summed E-state index contributed by atoms with van der Waals surface area (Å²) in [4.78, 5) is 14.3. The molecule has 19 heavy (non-hydrogen) atoms. The van der Waals surface area contributed by atoms with Crippen LogP contribution < -0.4 is 10.2 Å². The Labute approximate surface area is 114 Å². The van der Waals surface area contributed by atoms with Gasteiger partial charge in [0.15, 0.2) is 0 Å². The van der Waals surface area contributed by atoms with Crippen LogP contribution in [-0.4, -0.2) is 36.2 Å². The quantitative estimate of drug-likeness (QED) is 0.868. The molecule has 0 aromatic heterocycles. The fraction of sp³-hybridized carbons (Fsp3) is 0.533. The van der Waals surface area contributed by atoms with Gasteiger partial charge in [0, 0.05) is 18.3 Å². The molecular weight excluding hydrogens is 240 g/mol. The molecule has 2 atom stereocenters.